The molecule has 1 atom stereocenters. The summed E-state index contributed by atoms with van der Waals surface area (Å²) in [4.78, 5) is 13.3. The molecule has 0 amide bonds. The standard InChI is InChI=1S/C13H18F3N3O2/c1-4-9(5-2)8(3)18-10-6-12(13(14,15)16)17-7-11(10)19(20)21/h6-9H,4-5H2,1-3H3,(H,17,18). The van der Waals surface area contributed by atoms with Crippen molar-refractivity contribution in [2.24, 2.45) is 5.92 Å². The molecule has 8 heteroatoms. The Kier molecular flexibility index (Phi) is 5.51. The number of rotatable bonds is 6. The third-order valence-electron chi connectivity index (χ3n) is 3.51. The van der Waals surface area contributed by atoms with Gasteiger partial charge in [0.05, 0.1) is 4.92 Å². The van der Waals surface area contributed by atoms with E-state index >= 15 is 0 Å². The first-order valence-corrected chi connectivity index (χ1v) is 6.68. The van der Waals surface area contributed by atoms with Crippen molar-refractivity contribution in [1.29, 1.82) is 0 Å². The van der Waals surface area contributed by atoms with E-state index < -0.39 is 22.5 Å². The van der Waals surface area contributed by atoms with Crippen molar-refractivity contribution in [3.8, 4) is 0 Å². The third-order valence-corrected chi connectivity index (χ3v) is 3.51. The molecule has 0 aliphatic heterocycles. The highest BCUT2D eigenvalue weighted by Crippen LogP contribution is 2.33. The monoisotopic (exact) mass is 305 g/mol. The van der Waals surface area contributed by atoms with Gasteiger partial charge in [-0.1, -0.05) is 26.7 Å². The molecule has 0 aliphatic carbocycles. The van der Waals surface area contributed by atoms with Crippen LogP contribution in [0, 0.1) is 16.0 Å². The van der Waals surface area contributed by atoms with Gasteiger partial charge in [-0.15, -0.1) is 0 Å². The van der Waals surface area contributed by atoms with Crippen LogP contribution in [-0.4, -0.2) is 15.9 Å². The second-order valence-electron chi connectivity index (χ2n) is 4.85. The zero-order chi connectivity index (χ0) is 16.2. The average Bonchev–Trinajstić information content (AvgIpc) is 2.38. The number of hydrogen-bond donors (Lipinski definition) is 1. The summed E-state index contributed by atoms with van der Waals surface area (Å²) in [6.07, 6.45) is -2.33. The lowest BCUT2D eigenvalue weighted by atomic mass is 9.95. The van der Waals surface area contributed by atoms with Crippen molar-refractivity contribution < 1.29 is 18.1 Å². The minimum atomic E-state index is -4.64. The molecule has 0 aliphatic rings. The highest BCUT2D eigenvalue weighted by atomic mass is 19.4. The topological polar surface area (TPSA) is 68.1 Å². The number of nitrogens with one attached hydrogen (secondary N) is 1. The van der Waals surface area contributed by atoms with Gasteiger partial charge in [0.2, 0.25) is 0 Å². The molecule has 118 valence electrons. The number of nitro groups is 1. The van der Waals surface area contributed by atoms with E-state index in [0.29, 0.717) is 12.3 Å². The number of alkyl halides is 3. The maximum atomic E-state index is 12.7. The fourth-order valence-electron chi connectivity index (χ4n) is 2.22. The minimum absolute atomic E-state index is 0.151. The number of hydrogen-bond acceptors (Lipinski definition) is 4. The van der Waals surface area contributed by atoms with Gasteiger partial charge in [-0.2, -0.15) is 13.2 Å². The van der Waals surface area contributed by atoms with Gasteiger partial charge >= 0.3 is 11.9 Å². The van der Waals surface area contributed by atoms with Crippen LogP contribution in [0.5, 0.6) is 0 Å². The van der Waals surface area contributed by atoms with Gasteiger partial charge in [-0.05, 0) is 18.9 Å². The van der Waals surface area contributed by atoms with Crippen LogP contribution in [0.4, 0.5) is 24.5 Å². The quantitative estimate of drug-likeness (QED) is 0.630. The van der Waals surface area contributed by atoms with Crippen LogP contribution in [-0.2, 0) is 6.18 Å². The molecule has 21 heavy (non-hydrogen) atoms. The number of halogens is 3. The van der Waals surface area contributed by atoms with E-state index in [-0.39, 0.29) is 17.6 Å². The first-order chi connectivity index (χ1) is 9.70. The summed E-state index contributed by atoms with van der Waals surface area (Å²) in [5, 5.41) is 13.7. The lowest BCUT2D eigenvalue weighted by Crippen LogP contribution is -2.25. The number of anilines is 1. The third kappa shape index (κ3) is 4.30. The van der Waals surface area contributed by atoms with Crippen LogP contribution in [0.2, 0.25) is 0 Å². The van der Waals surface area contributed by atoms with E-state index in [0.717, 1.165) is 12.8 Å². The summed E-state index contributed by atoms with van der Waals surface area (Å²) in [7, 11) is 0. The first-order valence-electron chi connectivity index (χ1n) is 6.68. The van der Waals surface area contributed by atoms with Gasteiger partial charge in [-0.3, -0.25) is 10.1 Å². The van der Waals surface area contributed by atoms with E-state index in [4.69, 9.17) is 0 Å². The maximum Gasteiger partial charge on any atom is 0.433 e. The molecule has 1 aromatic heterocycles. The summed E-state index contributed by atoms with van der Waals surface area (Å²) >= 11 is 0. The highest BCUT2D eigenvalue weighted by molar-refractivity contribution is 5.61. The van der Waals surface area contributed by atoms with Crippen molar-refractivity contribution in [3.05, 3.63) is 28.1 Å². The molecular formula is C13H18F3N3O2. The predicted octanol–water partition coefficient (Wildman–Crippen LogP) is 4.25. The van der Waals surface area contributed by atoms with Crippen molar-refractivity contribution in [2.75, 3.05) is 5.32 Å². The second-order valence-corrected chi connectivity index (χ2v) is 4.85. The van der Waals surface area contributed by atoms with E-state index in [1.165, 1.54) is 0 Å². The summed E-state index contributed by atoms with van der Waals surface area (Å²) in [5.41, 5.74) is -1.75. The SMILES string of the molecule is CCC(CC)C(C)Nc1cc(C(F)(F)F)ncc1[N+](=O)[O-]. The molecule has 0 spiro atoms. The number of aromatic nitrogens is 1. The van der Waals surface area contributed by atoms with Gasteiger partial charge in [0.25, 0.3) is 0 Å². The summed E-state index contributed by atoms with van der Waals surface area (Å²) in [6.45, 7) is 5.73. The predicted molar refractivity (Wildman–Crippen MR) is 73.1 cm³/mol. The van der Waals surface area contributed by atoms with Crippen LogP contribution >= 0.6 is 0 Å². The summed E-state index contributed by atoms with van der Waals surface area (Å²) in [5.74, 6) is 0.215. The molecule has 1 aromatic rings. The zero-order valence-corrected chi connectivity index (χ0v) is 12.1. The van der Waals surface area contributed by atoms with Crippen LogP contribution < -0.4 is 5.32 Å². The van der Waals surface area contributed by atoms with Crippen molar-refractivity contribution >= 4 is 11.4 Å². The second kappa shape index (κ2) is 6.73. The highest BCUT2D eigenvalue weighted by Gasteiger charge is 2.34. The van der Waals surface area contributed by atoms with Gasteiger partial charge in [0, 0.05) is 6.04 Å². The molecule has 0 aromatic carbocycles. The molecule has 1 rings (SSSR count). The minimum Gasteiger partial charge on any atom is -0.377 e. The average molecular weight is 305 g/mol. The molecule has 1 unspecified atom stereocenters. The van der Waals surface area contributed by atoms with Crippen molar-refractivity contribution in [1.82, 2.24) is 4.98 Å². The molecule has 0 bridgehead atoms. The molecule has 0 radical (unpaired) electrons. The molecule has 0 saturated carbocycles. The first kappa shape index (κ1) is 17.2. The lowest BCUT2D eigenvalue weighted by molar-refractivity contribution is -0.384. The van der Waals surface area contributed by atoms with Gasteiger partial charge in [-0.25, -0.2) is 4.98 Å². The fraction of sp³-hybridized carbons (Fsp3) is 0.615. The Labute approximate surface area is 120 Å². The van der Waals surface area contributed by atoms with Crippen LogP contribution in [0.15, 0.2) is 12.3 Å². The maximum absolute atomic E-state index is 12.7. The molecule has 1 N–H and O–H groups in total. The lowest BCUT2D eigenvalue weighted by Gasteiger charge is -2.23. The van der Waals surface area contributed by atoms with Gasteiger partial charge in [0.15, 0.2) is 0 Å². The number of pyridine rings is 1. The molecule has 5 nitrogen and oxygen atoms in total. The normalized spacial score (nSPS) is 13.3. The molecule has 1 heterocycles. The van der Waals surface area contributed by atoms with Crippen LogP contribution in [0.3, 0.4) is 0 Å². The largest absolute Gasteiger partial charge is 0.433 e. The Bertz CT molecular complexity index is 502. The Morgan fingerprint density at radius 2 is 1.95 bits per heavy atom. The Hall–Kier alpha value is -1.86. The van der Waals surface area contributed by atoms with Crippen molar-refractivity contribution in [2.45, 2.75) is 45.8 Å². The van der Waals surface area contributed by atoms with Gasteiger partial charge in [0.1, 0.15) is 17.6 Å². The van der Waals surface area contributed by atoms with Crippen LogP contribution in [0.25, 0.3) is 0 Å². The van der Waals surface area contributed by atoms with E-state index in [1.807, 2.05) is 13.8 Å². The van der Waals surface area contributed by atoms with E-state index in [1.54, 1.807) is 6.92 Å². The molecule has 0 fully saturated rings. The Morgan fingerprint density at radius 1 is 1.38 bits per heavy atom. The smallest absolute Gasteiger partial charge is 0.377 e. The Morgan fingerprint density at radius 3 is 2.38 bits per heavy atom. The van der Waals surface area contributed by atoms with Crippen LogP contribution in [0.1, 0.15) is 39.3 Å². The van der Waals surface area contributed by atoms with Crippen molar-refractivity contribution in [3.63, 3.8) is 0 Å². The number of nitrogens with zero attached hydrogens (tertiary/aromatic N) is 2. The van der Waals surface area contributed by atoms with E-state index in [2.05, 4.69) is 10.3 Å². The zero-order valence-electron chi connectivity index (χ0n) is 12.1. The summed E-state index contributed by atoms with van der Waals surface area (Å²) in [6, 6.07) is 0.513. The fourth-order valence-corrected chi connectivity index (χ4v) is 2.22. The molecule has 0 saturated heterocycles. The summed E-state index contributed by atoms with van der Waals surface area (Å²) < 4.78 is 38.0. The van der Waals surface area contributed by atoms with Gasteiger partial charge < -0.3 is 5.32 Å². The van der Waals surface area contributed by atoms with E-state index in [9.17, 15) is 23.3 Å². The molecular weight excluding hydrogens is 287 g/mol. The Balaban J connectivity index is 3.15.